The monoisotopic (exact) mass is 569 g/mol. The molecule has 0 N–H and O–H groups in total. The molecule has 11 heteroatoms. The molecule has 1 aliphatic heterocycles. The second-order valence-electron chi connectivity index (χ2n) is 10.9. The van der Waals surface area contributed by atoms with E-state index in [1.54, 1.807) is 43.3 Å². The van der Waals surface area contributed by atoms with E-state index in [1.807, 2.05) is 24.1 Å². The van der Waals surface area contributed by atoms with E-state index in [2.05, 4.69) is 16.3 Å². The summed E-state index contributed by atoms with van der Waals surface area (Å²) in [6.45, 7) is 0.985. The van der Waals surface area contributed by atoms with Gasteiger partial charge >= 0.3 is 0 Å². The molecule has 1 amide bonds. The van der Waals surface area contributed by atoms with Crippen molar-refractivity contribution >= 4 is 11.7 Å². The van der Waals surface area contributed by atoms with Crippen molar-refractivity contribution in [3.05, 3.63) is 82.3 Å². The maximum absolute atomic E-state index is 15.4. The molecule has 1 saturated carbocycles. The van der Waals surface area contributed by atoms with Crippen molar-refractivity contribution in [3.8, 4) is 28.6 Å². The molecular weight excluding hydrogens is 540 g/mol. The van der Waals surface area contributed by atoms with E-state index < -0.39 is 17.5 Å². The minimum absolute atomic E-state index is 0.0270. The Balaban J connectivity index is 1.41. The van der Waals surface area contributed by atoms with Gasteiger partial charge in [0.05, 0.1) is 24.8 Å². The van der Waals surface area contributed by atoms with Crippen LogP contribution in [0.3, 0.4) is 0 Å². The highest BCUT2D eigenvalue weighted by molar-refractivity contribution is 6.10. The van der Waals surface area contributed by atoms with Gasteiger partial charge in [0.2, 0.25) is 0 Å². The van der Waals surface area contributed by atoms with Crippen LogP contribution in [-0.4, -0.2) is 57.9 Å². The number of nitriles is 1. The van der Waals surface area contributed by atoms with Crippen molar-refractivity contribution in [2.24, 2.45) is 7.05 Å². The molecule has 1 fully saturated rings. The van der Waals surface area contributed by atoms with Crippen LogP contribution in [0.4, 0.5) is 14.6 Å². The van der Waals surface area contributed by atoms with Gasteiger partial charge in [0, 0.05) is 61.1 Å². The van der Waals surface area contributed by atoms with Crippen molar-refractivity contribution in [2.45, 2.75) is 31.8 Å². The lowest BCUT2D eigenvalue weighted by Crippen LogP contribution is -2.25. The average molecular weight is 570 g/mol. The fourth-order valence-electron chi connectivity index (χ4n) is 5.35. The topological polar surface area (TPSA) is 100 Å². The number of amides is 1. The summed E-state index contributed by atoms with van der Waals surface area (Å²) in [5.41, 5.74) is 3.86. The largest absolute Gasteiger partial charge is 0.383 e. The third-order valence-corrected chi connectivity index (χ3v) is 7.81. The number of fused-ring (bicyclic) bond motifs is 1. The number of halogens is 2. The van der Waals surface area contributed by atoms with Crippen LogP contribution in [0, 0.1) is 23.0 Å². The Morgan fingerprint density at radius 3 is 2.62 bits per heavy atom. The van der Waals surface area contributed by atoms with E-state index in [0.29, 0.717) is 35.9 Å². The molecular formula is C31H29F2N7O2. The van der Waals surface area contributed by atoms with Gasteiger partial charge in [0.1, 0.15) is 12.1 Å². The summed E-state index contributed by atoms with van der Waals surface area (Å²) in [4.78, 5) is 21.7. The number of likely N-dealkylation sites (N-methyl/N-ethyl adjacent to an activating group) is 1. The van der Waals surface area contributed by atoms with E-state index in [9.17, 15) is 10.1 Å². The molecule has 3 heterocycles. The number of ether oxygens (including phenoxy) is 1. The number of rotatable bonds is 9. The molecule has 2 aliphatic rings. The van der Waals surface area contributed by atoms with Crippen LogP contribution in [0.25, 0.3) is 22.5 Å². The third kappa shape index (κ3) is 5.04. The summed E-state index contributed by atoms with van der Waals surface area (Å²) in [5.74, 6) is -1.18. The molecule has 1 aliphatic carbocycles. The third-order valence-electron chi connectivity index (χ3n) is 7.81. The highest BCUT2D eigenvalue weighted by Gasteiger charge is 2.36. The molecule has 0 spiro atoms. The molecule has 0 radical (unpaired) electrons. The van der Waals surface area contributed by atoms with Gasteiger partial charge in [0.15, 0.2) is 17.5 Å². The fraction of sp³-hybridized carbons (Fsp3) is 0.323. The maximum Gasteiger partial charge on any atom is 0.260 e. The predicted molar refractivity (Wildman–Crippen MR) is 151 cm³/mol. The predicted octanol–water partition coefficient (Wildman–Crippen LogP) is 4.81. The van der Waals surface area contributed by atoms with Gasteiger partial charge in [-0.1, -0.05) is 6.07 Å². The van der Waals surface area contributed by atoms with Crippen LogP contribution < -0.4 is 4.90 Å². The van der Waals surface area contributed by atoms with Crippen LogP contribution in [0.2, 0.25) is 0 Å². The summed E-state index contributed by atoms with van der Waals surface area (Å²) >= 11 is 0. The van der Waals surface area contributed by atoms with Crippen molar-refractivity contribution in [1.82, 2.24) is 24.6 Å². The first kappa shape index (κ1) is 27.6. The molecule has 2 aromatic heterocycles. The van der Waals surface area contributed by atoms with Gasteiger partial charge in [-0.15, -0.1) is 10.2 Å². The van der Waals surface area contributed by atoms with E-state index in [1.165, 1.54) is 11.0 Å². The number of carbonyl (C=O) groups is 1. The standard InChI is InChI=1S/C31H29F2N7O2/c1-38(8-9-42-3)15-21-11-24-25(29(33)28(21)32)16-40(31(24)41)27-13-20(12-26(36-27)19-5-6-19)22-7-4-18(14-34)10-23(22)30-37-35-17-39(30)2/h4,7,10-13,17,19H,5-6,8-9,15-16H2,1-3H3. The lowest BCUT2D eigenvalue weighted by Gasteiger charge is -2.18. The fourth-order valence-corrected chi connectivity index (χ4v) is 5.35. The number of benzene rings is 2. The minimum Gasteiger partial charge on any atom is -0.383 e. The van der Waals surface area contributed by atoms with Gasteiger partial charge in [-0.05, 0) is 61.3 Å². The molecule has 4 aromatic rings. The molecule has 9 nitrogen and oxygen atoms in total. The van der Waals surface area contributed by atoms with E-state index in [-0.39, 0.29) is 35.7 Å². The van der Waals surface area contributed by atoms with Crippen LogP contribution >= 0.6 is 0 Å². The van der Waals surface area contributed by atoms with Crippen molar-refractivity contribution in [3.63, 3.8) is 0 Å². The molecule has 0 bridgehead atoms. The summed E-state index contributed by atoms with van der Waals surface area (Å²) in [7, 11) is 5.18. The number of hydrogen-bond acceptors (Lipinski definition) is 7. The molecule has 6 rings (SSSR count). The molecule has 42 heavy (non-hydrogen) atoms. The quantitative estimate of drug-likeness (QED) is 0.285. The van der Waals surface area contributed by atoms with Crippen LogP contribution in [0.5, 0.6) is 0 Å². The van der Waals surface area contributed by atoms with Crippen LogP contribution in [0.15, 0.2) is 42.7 Å². The second kappa shape index (κ2) is 11.0. The summed E-state index contributed by atoms with van der Waals surface area (Å²) in [6, 6.07) is 12.7. The number of anilines is 1. The minimum atomic E-state index is -1.01. The van der Waals surface area contributed by atoms with Gasteiger partial charge in [-0.3, -0.25) is 14.6 Å². The van der Waals surface area contributed by atoms with Gasteiger partial charge in [0.25, 0.3) is 5.91 Å². The number of nitrogens with zero attached hydrogens (tertiary/aromatic N) is 7. The number of aromatic nitrogens is 4. The van der Waals surface area contributed by atoms with Gasteiger partial charge < -0.3 is 9.30 Å². The Kier molecular flexibility index (Phi) is 7.26. The number of hydrogen-bond donors (Lipinski definition) is 0. The van der Waals surface area contributed by atoms with Crippen LogP contribution in [0.1, 0.15) is 51.5 Å². The zero-order valence-electron chi connectivity index (χ0n) is 23.6. The Morgan fingerprint density at radius 2 is 1.93 bits per heavy atom. The molecule has 0 atom stereocenters. The summed E-state index contributed by atoms with van der Waals surface area (Å²) in [5, 5.41) is 17.8. The smallest absolute Gasteiger partial charge is 0.260 e. The van der Waals surface area contributed by atoms with E-state index in [4.69, 9.17) is 9.72 Å². The SMILES string of the molecule is COCCN(C)Cc1cc2c(c(F)c1F)CN(c1cc(-c3ccc(C#N)cc3-c3nncn3C)cc(C3CC3)n1)C2=O. The Morgan fingerprint density at radius 1 is 1.12 bits per heavy atom. The van der Waals surface area contributed by atoms with Crippen LogP contribution in [-0.2, 0) is 24.9 Å². The van der Waals surface area contributed by atoms with E-state index >= 15 is 8.78 Å². The lowest BCUT2D eigenvalue weighted by molar-refractivity contribution is 0.0995. The van der Waals surface area contributed by atoms with Crippen molar-refractivity contribution in [1.29, 1.82) is 5.26 Å². The first-order chi connectivity index (χ1) is 20.3. The number of carbonyl (C=O) groups excluding carboxylic acids is 1. The molecule has 2 aromatic carbocycles. The highest BCUT2D eigenvalue weighted by Crippen LogP contribution is 2.43. The average Bonchev–Trinajstić information content (AvgIpc) is 3.68. The Labute approximate surface area is 242 Å². The van der Waals surface area contributed by atoms with Crippen molar-refractivity contribution in [2.75, 3.05) is 32.2 Å². The van der Waals surface area contributed by atoms with Gasteiger partial charge in [-0.25, -0.2) is 13.8 Å². The number of pyridine rings is 1. The Bertz CT molecular complexity index is 1740. The summed E-state index contributed by atoms with van der Waals surface area (Å²) < 4.78 is 37.3. The first-order valence-corrected chi connectivity index (χ1v) is 13.7. The number of aryl methyl sites for hydroxylation is 1. The second-order valence-corrected chi connectivity index (χ2v) is 10.9. The number of methoxy groups -OCH3 is 1. The Hall–Kier alpha value is -4.53. The van der Waals surface area contributed by atoms with Gasteiger partial charge in [-0.2, -0.15) is 5.26 Å². The maximum atomic E-state index is 15.4. The molecule has 0 unspecified atom stereocenters. The summed E-state index contributed by atoms with van der Waals surface area (Å²) in [6.07, 6.45) is 3.55. The lowest BCUT2D eigenvalue weighted by atomic mass is 9.96. The van der Waals surface area contributed by atoms with Crippen molar-refractivity contribution < 1.29 is 18.3 Å². The normalized spacial score (nSPS) is 14.5. The van der Waals surface area contributed by atoms with E-state index in [0.717, 1.165) is 29.7 Å². The molecule has 0 saturated heterocycles. The molecule has 214 valence electrons. The zero-order chi connectivity index (χ0) is 29.5. The highest BCUT2D eigenvalue weighted by atomic mass is 19.2. The first-order valence-electron chi connectivity index (χ1n) is 13.7. The zero-order valence-corrected chi connectivity index (χ0v) is 23.6.